The molecule has 1 saturated carbocycles. The van der Waals surface area contributed by atoms with Gasteiger partial charge in [-0.1, -0.05) is 84.4 Å². The van der Waals surface area contributed by atoms with Gasteiger partial charge in [0.15, 0.2) is 0 Å². The van der Waals surface area contributed by atoms with Crippen molar-refractivity contribution in [3.8, 4) is 0 Å². The van der Waals surface area contributed by atoms with Crippen LogP contribution in [-0.2, 0) is 14.3 Å². The second kappa shape index (κ2) is 8.61. The minimum Gasteiger partial charge on any atom is -0.465 e. The number of methoxy groups -OCH3 is 1. The van der Waals surface area contributed by atoms with Crippen LogP contribution in [0.5, 0.6) is 0 Å². The van der Waals surface area contributed by atoms with Crippen LogP contribution in [0.4, 0.5) is 5.69 Å². The highest BCUT2D eigenvalue weighted by molar-refractivity contribution is 6.34. The number of fused-ring (bicyclic) bond motifs is 5. The first-order chi connectivity index (χ1) is 17.5. The summed E-state index contributed by atoms with van der Waals surface area (Å²) in [7, 11) is 1.26. The number of rotatable bonds is 4. The standard InChI is InChI=1S/C30H22ClNO4/c1-36-30(35)22-16-19(12-15-23(22)31)32-28(33)26-20-13-14-21(27(26)29(32)34)25(20)24(17-8-4-2-5-9-17)18-10-6-3-7-11-18/h2-16,20-21,26-27H,1H3/t20-,21+,26+,27-. The number of amides is 2. The number of benzene rings is 3. The van der Waals surface area contributed by atoms with Gasteiger partial charge < -0.3 is 4.74 Å². The molecule has 1 aliphatic heterocycles. The molecule has 0 unspecified atom stereocenters. The number of halogens is 1. The first kappa shape index (κ1) is 22.5. The number of ether oxygens (including phenoxy) is 1. The number of allylic oxidation sites excluding steroid dienone is 3. The lowest BCUT2D eigenvalue weighted by atomic mass is 9.85. The summed E-state index contributed by atoms with van der Waals surface area (Å²) in [6, 6.07) is 24.8. The minimum atomic E-state index is -0.622. The van der Waals surface area contributed by atoms with E-state index in [1.54, 1.807) is 6.07 Å². The molecule has 2 fully saturated rings. The Labute approximate surface area is 213 Å². The highest BCUT2D eigenvalue weighted by atomic mass is 35.5. The zero-order chi connectivity index (χ0) is 25.0. The Hall–Kier alpha value is -3.96. The van der Waals surface area contributed by atoms with E-state index in [1.165, 1.54) is 24.1 Å². The van der Waals surface area contributed by atoms with Crippen LogP contribution in [0.1, 0.15) is 21.5 Å². The molecule has 0 spiro atoms. The van der Waals surface area contributed by atoms with Crippen molar-refractivity contribution in [1.29, 1.82) is 0 Å². The fourth-order valence-electron chi connectivity index (χ4n) is 5.98. The number of carbonyl (C=O) groups is 3. The van der Waals surface area contributed by atoms with E-state index in [2.05, 4.69) is 36.4 Å². The largest absolute Gasteiger partial charge is 0.465 e. The van der Waals surface area contributed by atoms with E-state index < -0.39 is 17.8 Å². The molecule has 3 aromatic rings. The summed E-state index contributed by atoms with van der Waals surface area (Å²) in [5.41, 5.74) is 4.78. The van der Waals surface area contributed by atoms with Crippen LogP contribution < -0.4 is 4.90 Å². The van der Waals surface area contributed by atoms with E-state index in [1.807, 2.05) is 36.4 Å². The number of hydrogen-bond donors (Lipinski definition) is 0. The number of anilines is 1. The smallest absolute Gasteiger partial charge is 0.339 e. The lowest BCUT2D eigenvalue weighted by Gasteiger charge is -2.22. The van der Waals surface area contributed by atoms with Crippen LogP contribution in [-0.4, -0.2) is 24.9 Å². The van der Waals surface area contributed by atoms with Crippen molar-refractivity contribution in [2.45, 2.75) is 0 Å². The summed E-state index contributed by atoms with van der Waals surface area (Å²) in [5.74, 6) is -2.45. The van der Waals surface area contributed by atoms with E-state index >= 15 is 0 Å². The summed E-state index contributed by atoms with van der Waals surface area (Å²) in [6.07, 6.45) is 4.15. The third-order valence-corrected chi connectivity index (χ3v) is 7.77. The third-order valence-electron chi connectivity index (χ3n) is 7.44. The molecule has 2 bridgehead atoms. The lowest BCUT2D eigenvalue weighted by molar-refractivity contribution is -0.122. The maximum atomic E-state index is 13.8. The molecular formula is C30H22ClNO4. The first-order valence-corrected chi connectivity index (χ1v) is 12.2. The molecule has 0 N–H and O–H groups in total. The van der Waals surface area contributed by atoms with Gasteiger partial charge in [-0.15, -0.1) is 0 Å². The molecule has 6 heteroatoms. The van der Waals surface area contributed by atoms with Crippen molar-refractivity contribution in [3.63, 3.8) is 0 Å². The van der Waals surface area contributed by atoms with Gasteiger partial charge in [0.2, 0.25) is 11.8 Å². The number of nitrogens with zero attached hydrogens (tertiary/aromatic N) is 1. The van der Waals surface area contributed by atoms with E-state index in [4.69, 9.17) is 16.3 Å². The van der Waals surface area contributed by atoms with Gasteiger partial charge in [0.25, 0.3) is 0 Å². The zero-order valence-corrected chi connectivity index (χ0v) is 20.2. The van der Waals surface area contributed by atoms with E-state index in [-0.39, 0.29) is 34.2 Å². The Morgan fingerprint density at radius 2 is 1.33 bits per heavy atom. The molecule has 4 atom stereocenters. The van der Waals surface area contributed by atoms with Crippen molar-refractivity contribution < 1.29 is 19.1 Å². The molecule has 178 valence electrons. The van der Waals surface area contributed by atoms with Gasteiger partial charge in [-0.3, -0.25) is 9.59 Å². The molecule has 3 aliphatic rings. The quantitative estimate of drug-likeness (QED) is 0.270. The molecule has 1 saturated heterocycles. The minimum absolute atomic E-state index is 0.117. The van der Waals surface area contributed by atoms with E-state index in [9.17, 15) is 14.4 Å². The summed E-state index contributed by atoms with van der Waals surface area (Å²) < 4.78 is 4.80. The Morgan fingerprint density at radius 3 is 1.83 bits per heavy atom. The molecule has 3 aromatic carbocycles. The molecule has 1 heterocycles. The summed E-state index contributed by atoms with van der Waals surface area (Å²) >= 11 is 6.17. The highest BCUT2D eigenvalue weighted by Crippen LogP contribution is 2.58. The number of carbonyl (C=O) groups excluding carboxylic acids is 3. The van der Waals surface area contributed by atoms with Gasteiger partial charge in [-0.25, -0.2) is 9.69 Å². The van der Waals surface area contributed by atoms with Crippen molar-refractivity contribution in [3.05, 3.63) is 118 Å². The van der Waals surface area contributed by atoms with Gasteiger partial charge in [-0.2, -0.15) is 0 Å². The van der Waals surface area contributed by atoms with Crippen LogP contribution in [0.25, 0.3) is 5.57 Å². The summed E-state index contributed by atoms with van der Waals surface area (Å²) in [6.45, 7) is 0. The maximum Gasteiger partial charge on any atom is 0.339 e. The Balaban J connectivity index is 1.45. The second-order valence-corrected chi connectivity index (χ2v) is 9.63. The number of imide groups is 1. The lowest BCUT2D eigenvalue weighted by Crippen LogP contribution is -2.33. The van der Waals surface area contributed by atoms with Gasteiger partial charge in [0.1, 0.15) is 0 Å². The van der Waals surface area contributed by atoms with Gasteiger partial charge in [0, 0.05) is 11.8 Å². The Morgan fingerprint density at radius 1 is 0.806 bits per heavy atom. The van der Waals surface area contributed by atoms with Crippen molar-refractivity contribution in [2.75, 3.05) is 12.0 Å². The topological polar surface area (TPSA) is 63.7 Å². The maximum absolute atomic E-state index is 13.8. The molecule has 5 nitrogen and oxygen atoms in total. The van der Waals surface area contributed by atoms with Crippen LogP contribution in [0.3, 0.4) is 0 Å². The van der Waals surface area contributed by atoms with Crippen LogP contribution in [0, 0.1) is 23.7 Å². The zero-order valence-electron chi connectivity index (χ0n) is 19.4. The predicted octanol–water partition coefficient (Wildman–Crippen LogP) is 5.55. The van der Waals surface area contributed by atoms with Crippen LogP contribution >= 0.6 is 11.6 Å². The normalized spacial score (nSPS) is 23.8. The average Bonchev–Trinajstić information content (AvgIpc) is 3.54. The average molecular weight is 496 g/mol. The predicted molar refractivity (Wildman–Crippen MR) is 137 cm³/mol. The number of esters is 1. The molecule has 36 heavy (non-hydrogen) atoms. The third kappa shape index (κ3) is 3.27. The van der Waals surface area contributed by atoms with Gasteiger partial charge in [0.05, 0.1) is 35.2 Å². The van der Waals surface area contributed by atoms with Crippen molar-refractivity contribution >= 4 is 40.6 Å². The monoisotopic (exact) mass is 495 g/mol. The summed E-state index contributed by atoms with van der Waals surface area (Å²) in [4.78, 5) is 40.9. The SMILES string of the molecule is COC(=O)c1cc(N2C(=O)[C@@H]3[C@H](C2=O)[C@H]2C=C[C@@H]3C2=C(c2ccccc2)c2ccccc2)ccc1Cl. The molecule has 0 radical (unpaired) electrons. The van der Waals surface area contributed by atoms with E-state index in [0.29, 0.717) is 5.69 Å². The van der Waals surface area contributed by atoms with Crippen molar-refractivity contribution in [1.82, 2.24) is 0 Å². The summed E-state index contributed by atoms with van der Waals surface area (Å²) in [5, 5.41) is 0.201. The number of hydrogen-bond acceptors (Lipinski definition) is 4. The Bertz CT molecular complexity index is 1390. The molecule has 6 rings (SSSR count). The fraction of sp³-hybridized carbons (Fsp3) is 0.167. The highest BCUT2D eigenvalue weighted by Gasteiger charge is 2.62. The molecular weight excluding hydrogens is 474 g/mol. The van der Waals surface area contributed by atoms with E-state index in [0.717, 1.165) is 22.3 Å². The van der Waals surface area contributed by atoms with Crippen molar-refractivity contribution in [2.24, 2.45) is 23.7 Å². The molecule has 2 aliphatic carbocycles. The van der Waals surface area contributed by atoms with Gasteiger partial charge >= 0.3 is 5.97 Å². The van der Waals surface area contributed by atoms with Gasteiger partial charge in [-0.05, 0) is 40.5 Å². The molecule has 2 amide bonds. The van der Waals surface area contributed by atoms with Crippen LogP contribution in [0.2, 0.25) is 5.02 Å². The fourth-order valence-corrected chi connectivity index (χ4v) is 6.17. The first-order valence-electron chi connectivity index (χ1n) is 11.8. The molecule has 0 aromatic heterocycles. The van der Waals surface area contributed by atoms with Crippen LogP contribution in [0.15, 0.2) is 96.6 Å². The second-order valence-electron chi connectivity index (χ2n) is 9.22. The Kier molecular flexibility index (Phi) is 5.38.